The third kappa shape index (κ3) is 5.87. The fourth-order valence-electron chi connectivity index (χ4n) is 1.38. The average molecular weight is 290 g/mol. The number of hydrogen-bond donors (Lipinski definition) is 3. The number of carboxylic acids is 1. The lowest BCUT2D eigenvalue weighted by atomic mass is 10.1. The summed E-state index contributed by atoms with van der Waals surface area (Å²) >= 11 is 0. The van der Waals surface area contributed by atoms with Crippen molar-refractivity contribution in [1.82, 2.24) is 5.32 Å². The third-order valence-electron chi connectivity index (χ3n) is 2.24. The number of carboxylic acid groups (broad SMARTS) is 1. The average Bonchev–Trinajstić information content (AvgIpc) is 2.33. The number of anilines is 1. The van der Waals surface area contributed by atoms with Gasteiger partial charge in [0, 0.05) is 11.3 Å². The second-order valence-corrected chi connectivity index (χ2v) is 5.26. The van der Waals surface area contributed by atoms with E-state index in [0.717, 1.165) is 0 Å². The molecule has 112 valence electrons. The highest BCUT2D eigenvalue weighted by atomic mass is 16.6. The number of benzene rings is 1. The maximum absolute atomic E-state index is 11.4. The fraction of sp³-hybridized carbons (Fsp3) is 0.333. The van der Waals surface area contributed by atoms with Crippen LogP contribution in [0, 0.1) is 11.8 Å². The molecule has 0 aliphatic heterocycles. The van der Waals surface area contributed by atoms with Gasteiger partial charge in [-0.05, 0) is 39.0 Å². The van der Waals surface area contributed by atoms with Crippen molar-refractivity contribution in [2.75, 3.05) is 12.3 Å². The Hall–Kier alpha value is -2.68. The van der Waals surface area contributed by atoms with E-state index < -0.39 is 17.7 Å². The van der Waals surface area contributed by atoms with Crippen LogP contribution < -0.4 is 11.1 Å². The lowest BCUT2D eigenvalue weighted by Crippen LogP contribution is -2.32. The van der Waals surface area contributed by atoms with Crippen LogP contribution in [0.5, 0.6) is 0 Å². The van der Waals surface area contributed by atoms with Gasteiger partial charge in [-0.2, -0.15) is 0 Å². The van der Waals surface area contributed by atoms with Crippen LogP contribution in [0.1, 0.15) is 36.7 Å². The molecule has 0 atom stereocenters. The molecule has 0 heterocycles. The normalized spacial score (nSPS) is 10.2. The Morgan fingerprint density at radius 2 is 2.05 bits per heavy atom. The zero-order valence-corrected chi connectivity index (χ0v) is 12.2. The van der Waals surface area contributed by atoms with Crippen LogP contribution in [0.2, 0.25) is 0 Å². The molecule has 1 amide bonds. The third-order valence-corrected chi connectivity index (χ3v) is 2.24. The smallest absolute Gasteiger partial charge is 0.408 e. The molecular formula is C15H18N2O4. The van der Waals surface area contributed by atoms with Crippen LogP contribution in [0.4, 0.5) is 10.5 Å². The van der Waals surface area contributed by atoms with Crippen molar-refractivity contribution < 1.29 is 19.4 Å². The Bertz CT molecular complexity index is 606. The zero-order valence-electron chi connectivity index (χ0n) is 12.2. The van der Waals surface area contributed by atoms with Gasteiger partial charge in [0.2, 0.25) is 0 Å². The van der Waals surface area contributed by atoms with Crippen LogP contribution in [0.15, 0.2) is 18.2 Å². The molecule has 0 fully saturated rings. The highest BCUT2D eigenvalue weighted by Gasteiger charge is 2.15. The van der Waals surface area contributed by atoms with E-state index in [1.165, 1.54) is 18.2 Å². The standard InChI is InChI=1S/C15H18N2O4/c1-15(2,3)21-14(20)17-8-4-5-10-6-7-11(13(18)19)9-12(10)16/h6-7,9H,8,16H2,1-3H3,(H,17,20)(H,18,19). The molecule has 0 bridgehead atoms. The molecule has 0 unspecified atom stereocenters. The van der Waals surface area contributed by atoms with Crippen molar-refractivity contribution in [2.24, 2.45) is 0 Å². The predicted molar refractivity (Wildman–Crippen MR) is 78.9 cm³/mol. The van der Waals surface area contributed by atoms with Gasteiger partial charge in [0.1, 0.15) is 5.60 Å². The Kier molecular flexibility index (Phi) is 5.19. The molecule has 21 heavy (non-hydrogen) atoms. The topological polar surface area (TPSA) is 102 Å². The summed E-state index contributed by atoms with van der Waals surface area (Å²) in [6.45, 7) is 5.41. The first-order chi connectivity index (χ1) is 9.69. The number of aromatic carboxylic acids is 1. The molecule has 1 rings (SSSR count). The quantitative estimate of drug-likeness (QED) is 0.570. The van der Waals surface area contributed by atoms with E-state index in [2.05, 4.69) is 17.2 Å². The Balaban J connectivity index is 2.60. The Labute approximate surface area is 123 Å². The highest BCUT2D eigenvalue weighted by Crippen LogP contribution is 2.13. The first kappa shape index (κ1) is 16.4. The number of carbonyl (C=O) groups is 2. The van der Waals surface area contributed by atoms with Crippen molar-refractivity contribution in [3.63, 3.8) is 0 Å². The summed E-state index contributed by atoms with van der Waals surface area (Å²) < 4.78 is 5.05. The number of alkyl carbamates (subject to hydrolysis) is 1. The summed E-state index contributed by atoms with van der Waals surface area (Å²) in [5.74, 6) is 4.43. The summed E-state index contributed by atoms with van der Waals surface area (Å²) in [6.07, 6.45) is -0.550. The van der Waals surface area contributed by atoms with E-state index >= 15 is 0 Å². The minimum absolute atomic E-state index is 0.102. The summed E-state index contributed by atoms with van der Waals surface area (Å²) in [5.41, 5.74) is 6.03. The molecule has 6 nitrogen and oxygen atoms in total. The minimum atomic E-state index is -1.05. The summed E-state index contributed by atoms with van der Waals surface area (Å²) in [4.78, 5) is 22.1. The van der Waals surface area contributed by atoms with Gasteiger partial charge in [-0.3, -0.25) is 0 Å². The number of ether oxygens (including phenoxy) is 1. The monoisotopic (exact) mass is 290 g/mol. The summed E-state index contributed by atoms with van der Waals surface area (Å²) in [5, 5.41) is 11.3. The van der Waals surface area contributed by atoms with Crippen LogP contribution in [-0.2, 0) is 4.74 Å². The molecule has 0 aromatic heterocycles. The largest absolute Gasteiger partial charge is 0.478 e. The van der Waals surface area contributed by atoms with Gasteiger partial charge in [-0.1, -0.05) is 11.8 Å². The molecule has 0 saturated carbocycles. The summed E-state index contributed by atoms with van der Waals surface area (Å²) in [7, 11) is 0. The lowest BCUT2D eigenvalue weighted by Gasteiger charge is -2.19. The van der Waals surface area contributed by atoms with Crippen LogP contribution in [0.3, 0.4) is 0 Å². The summed E-state index contributed by atoms with van der Waals surface area (Å²) in [6, 6.07) is 4.29. The number of rotatable bonds is 2. The van der Waals surface area contributed by atoms with Gasteiger partial charge in [0.25, 0.3) is 0 Å². The molecule has 0 aliphatic rings. The van der Waals surface area contributed by atoms with E-state index in [1.54, 1.807) is 20.8 Å². The number of amides is 1. The van der Waals surface area contributed by atoms with Crippen LogP contribution in [-0.4, -0.2) is 29.3 Å². The van der Waals surface area contributed by atoms with Gasteiger partial charge in [0.15, 0.2) is 0 Å². The molecule has 1 aromatic carbocycles. The molecule has 0 saturated heterocycles. The second-order valence-electron chi connectivity index (χ2n) is 5.26. The Morgan fingerprint density at radius 3 is 2.57 bits per heavy atom. The first-order valence-corrected chi connectivity index (χ1v) is 6.27. The number of nitrogens with two attached hydrogens (primary N) is 1. The van der Waals surface area contributed by atoms with Gasteiger partial charge in [-0.25, -0.2) is 9.59 Å². The lowest BCUT2D eigenvalue weighted by molar-refractivity contribution is 0.0534. The molecule has 4 N–H and O–H groups in total. The molecule has 6 heteroatoms. The molecule has 0 spiro atoms. The first-order valence-electron chi connectivity index (χ1n) is 6.27. The van der Waals surface area contributed by atoms with E-state index in [9.17, 15) is 9.59 Å². The van der Waals surface area contributed by atoms with Crippen molar-refractivity contribution in [2.45, 2.75) is 26.4 Å². The SMILES string of the molecule is CC(C)(C)OC(=O)NCC#Cc1ccc(C(=O)O)cc1N. The Morgan fingerprint density at radius 1 is 1.38 bits per heavy atom. The molecule has 0 aliphatic carbocycles. The van der Waals surface area contributed by atoms with E-state index in [-0.39, 0.29) is 17.8 Å². The van der Waals surface area contributed by atoms with Crippen LogP contribution in [0.25, 0.3) is 0 Å². The van der Waals surface area contributed by atoms with Crippen molar-refractivity contribution in [1.29, 1.82) is 0 Å². The van der Waals surface area contributed by atoms with E-state index in [4.69, 9.17) is 15.6 Å². The maximum atomic E-state index is 11.4. The number of nitrogens with one attached hydrogen (secondary N) is 1. The highest BCUT2D eigenvalue weighted by molar-refractivity contribution is 5.89. The molecule has 0 radical (unpaired) electrons. The predicted octanol–water partition coefficient (Wildman–Crippen LogP) is 1.84. The van der Waals surface area contributed by atoms with Gasteiger partial charge >= 0.3 is 12.1 Å². The van der Waals surface area contributed by atoms with Gasteiger partial charge in [-0.15, -0.1) is 0 Å². The number of nitrogen functional groups attached to an aromatic ring is 1. The van der Waals surface area contributed by atoms with Crippen molar-refractivity contribution >= 4 is 17.7 Å². The minimum Gasteiger partial charge on any atom is -0.478 e. The second kappa shape index (κ2) is 6.66. The van der Waals surface area contributed by atoms with Gasteiger partial charge < -0.3 is 20.9 Å². The van der Waals surface area contributed by atoms with Gasteiger partial charge in [0.05, 0.1) is 12.1 Å². The molecule has 1 aromatic rings. The number of carbonyl (C=O) groups excluding carboxylic acids is 1. The fourth-order valence-corrected chi connectivity index (χ4v) is 1.38. The zero-order chi connectivity index (χ0) is 16.0. The molecular weight excluding hydrogens is 272 g/mol. The maximum Gasteiger partial charge on any atom is 0.408 e. The van der Waals surface area contributed by atoms with Crippen LogP contribution >= 0.6 is 0 Å². The number of hydrogen-bond acceptors (Lipinski definition) is 4. The van der Waals surface area contributed by atoms with Crippen molar-refractivity contribution in [3.8, 4) is 11.8 Å². The van der Waals surface area contributed by atoms with E-state index in [1.807, 2.05) is 0 Å². The van der Waals surface area contributed by atoms with Crippen molar-refractivity contribution in [3.05, 3.63) is 29.3 Å². The van der Waals surface area contributed by atoms with E-state index in [0.29, 0.717) is 5.56 Å².